The molecule has 0 saturated carbocycles. The van der Waals surface area contributed by atoms with Gasteiger partial charge < -0.3 is 20.4 Å². The zero-order chi connectivity index (χ0) is 23.6. The summed E-state index contributed by atoms with van der Waals surface area (Å²) in [4.78, 5) is 18.2. The maximum Gasteiger partial charge on any atom is 0.414 e. The molecule has 0 saturated heterocycles. The minimum absolute atomic E-state index is 0.249. The molecule has 6 nitrogen and oxygen atoms in total. The third kappa shape index (κ3) is 3.68. The number of fused-ring (bicyclic) bond motifs is 3. The first-order chi connectivity index (χ1) is 15.9. The van der Waals surface area contributed by atoms with Gasteiger partial charge in [-0.2, -0.15) is 0 Å². The minimum atomic E-state index is -1.82. The van der Waals surface area contributed by atoms with Crippen molar-refractivity contribution in [2.24, 2.45) is 0 Å². The summed E-state index contributed by atoms with van der Waals surface area (Å²) in [7, 11) is 0. The van der Waals surface area contributed by atoms with E-state index in [0.29, 0.717) is 0 Å². The monoisotopic (exact) mass is 440 g/mol. The molecule has 1 aliphatic carbocycles. The van der Waals surface area contributed by atoms with Gasteiger partial charge in [0.2, 0.25) is 0 Å². The molecule has 33 heavy (non-hydrogen) atoms. The van der Waals surface area contributed by atoms with Crippen LogP contribution in [0.3, 0.4) is 0 Å². The highest BCUT2D eigenvalue weighted by atomic mass is 16.4. The first-order valence-electron chi connectivity index (χ1n) is 10.1. The van der Waals surface area contributed by atoms with Gasteiger partial charge >= 0.3 is 11.9 Å². The van der Waals surface area contributed by atoms with Crippen molar-refractivity contribution in [2.75, 3.05) is 0 Å². The highest BCUT2D eigenvalue weighted by Crippen LogP contribution is 2.56. The molecular weight excluding hydrogens is 420 g/mol. The van der Waals surface area contributed by atoms with Gasteiger partial charge in [0.15, 0.2) is 0 Å². The summed E-state index contributed by atoms with van der Waals surface area (Å²) in [5.41, 5.74) is 6.54. The summed E-state index contributed by atoms with van der Waals surface area (Å²) in [6, 6.07) is 31.9. The highest BCUT2D eigenvalue weighted by Gasteiger charge is 2.45. The Kier molecular flexibility index (Phi) is 5.58. The molecule has 1 aliphatic rings. The number of phenolic OH excluding ortho intramolecular Hbond substituents is 2. The average Bonchev–Trinajstić information content (AvgIpc) is 3.12. The van der Waals surface area contributed by atoms with Crippen LogP contribution in [0.15, 0.2) is 97.1 Å². The van der Waals surface area contributed by atoms with Crippen molar-refractivity contribution < 1.29 is 30.0 Å². The molecule has 0 radical (unpaired) electrons. The minimum Gasteiger partial charge on any atom is -0.508 e. The van der Waals surface area contributed by atoms with Crippen molar-refractivity contribution in [3.05, 3.63) is 119 Å². The van der Waals surface area contributed by atoms with Crippen molar-refractivity contribution in [3.63, 3.8) is 0 Å². The van der Waals surface area contributed by atoms with Crippen LogP contribution in [0.1, 0.15) is 22.3 Å². The maximum atomic E-state index is 9.85. The lowest BCUT2D eigenvalue weighted by atomic mass is 9.68. The Morgan fingerprint density at radius 2 is 0.848 bits per heavy atom. The topological polar surface area (TPSA) is 115 Å². The molecular formula is C27H20O6. The summed E-state index contributed by atoms with van der Waals surface area (Å²) in [5, 5.41) is 34.5. The fourth-order valence-corrected chi connectivity index (χ4v) is 4.45. The van der Waals surface area contributed by atoms with E-state index < -0.39 is 17.4 Å². The van der Waals surface area contributed by atoms with Gasteiger partial charge in [0.05, 0.1) is 5.41 Å². The van der Waals surface area contributed by atoms with E-state index in [-0.39, 0.29) is 11.5 Å². The van der Waals surface area contributed by atoms with Crippen LogP contribution < -0.4 is 0 Å². The van der Waals surface area contributed by atoms with E-state index in [4.69, 9.17) is 19.8 Å². The maximum absolute atomic E-state index is 9.85. The van der Waals surface area contributed by atoms with Crippen LogP contribution in [-0.2, 0) is 15.0 Å². The molecule has 0 unspecified atom stereocenters. The summed E-state index contributed by atoms with van der Waals surface area (Å²) in [5.74, 6) is -3.15. The second kappa shape index (κ2) is 8.51. The van der Waals surface area contributed by atoms with Gasteiger partial charge in [-0.25, -0.2) is 9.59 Å². The predicted molar refractivity (Wildman–Crippen MR) is 122 cm³/mol. The number of benzene rings is 4. The van der Waals surface area contributed by atoms with Crippen LogP contribution in [0.25, 0.3) is 11.1 Å². The number of carbonyl (C=O) groups is 2. The lowest BCUT2D eigenvalue weighted by Crippen LogP contribution is -2.28. The van der Waals surface area contributed by atoms with E-state index in [1.54, 1.807) is 24.3 Å². The van der Waals surface area contributed by atoms with Crippen molar-refractivity contribution >= 4 is 11.9 Å². The summed E-state index contributed by atoms with van der Waals surface area (Å²) < 4.78 is 0. The lowest BCUT2D eigenvalue weighted by Gasteiger charge is -2.33. The van der Waals surface area contributed by atoms with E-state index in [1.807, 2.05) is 24.3 Å². The van der Waals surface area contributed by atoms with Gasteiger partial charge in [-0.05, 0) is 57.6 Å². The average molecular weight is 440 g/mol. The van der Waals surface area contributed by atoms with E-state index in [2.05, 4.69) is 48.5 Å². The van der Waals surface area contributed by atoms with Gasteiger partial charge in [-0.3, -0.25) is 0 Å². The number of hydrogen-bond donors (Lipinski definition) is 4. The van der Waals surface area contributed by atoms with Crippen LogP contribution in [0.4, 0.5) is 0 Å². The molecule has 164 valence electrons. The predicted octanol–water partition coefficient (Wildman–Crippen LogP) is 4.62. The highest BCUT2D eigenvalue weighted by molar-refractivity contribution is 6.27. The number of hydrogen-bond acceptors (Lipinski definition) is 4. The van der Waals surface area contributed by atoms with E-state index in [0.717, 1.165) is 11.1 Å². The van der Waals surface area contributed by atoms with Gasteiger partial charge in [0.1, 0.15) is 11.5 Å². The zero-order valence-corrected chi connectivity index (χ0v) is 17.3. The lowest BCUT2D eigenvalue weighted by molar-refractivity contribution is -0.159. The van der Waals surface area contributed by atoms with E-state index in [9.17, 15) is 10.2 Å². The summed E-state index contributed by atoms with van der Waals surface area (Å²) >= 11 is 0. The molecule has 0 heterocycles. The van der Waals surface area contributed by atoms with Crippen molar-refractivity contribution in [2.45, 2.75) is 5.41 Å². The van der Waals surface area contributed by atoms with Gasteiger partial charge in [0, 0.05) is 0 Å². The van der Waals surface area contributed by atoms with Crippen molar-refractivity contribution in [1.82, 2.24) is 0 Å². The summed E-state index contributed by atoms with van der Waals surface area (Å²) in [6.45, 7) is 0. The number of aliphatic carboxylic acids is 2. The molecule has 0 bridgehead atoms. The molecule has 4 N–H and O–H groups in total. The second-order valence-corrected chi connectivity index (χ2v) is 7.55. The fourth-order valence-electron chi connectivity index (χ4n) is 4.45. The molecule has 0 spiro atoms. The fraction of sp³-hybridized carbons (Fsp3) is 0.0370. The largest absolute Gasteiger partial charge is 0.508 e. The Balaban J connectivity index is 0.000000385. The Morgan fingerprint density at radius 3 is 1.18 bits per heavy atom. The molecule has 0 fully saturated rings. The molecule has 0 atom stereocenters. The Bertz CT molecular complexity index is 1220. The molecule has 4 aromatic rings. The SMILES string of the molecule is O=C(O)C(=O)O.Oc1ccc(C2(c3ccc(O)cc3)c3ccccc3-c3ccccc32)cc1. The molecule has 6 heteroatoms. The number of phenols is 2. The van der Waals surface area contributed by atoms with Crippen molar-refractivity contribution in [1.29, 1.82) is 0 Å². The molecule has 0 aromatic heterocycles. The number of carboxylic acid groups (broad SMARTS) is 2. The standard InChI is InChI=1S/C25H18O2.C2H2O4/c26-19-13-9-17(10-14-19)25(18-11-15-20(27)16-12-18)23-7-3-1-5-21(23)22-6-2-4-8-24(22)25;3-1(4)2(5)6/h1-16,26-27H;(H,3,4)(H,5,6). The zero-order valence-electron chi connectivity index (χ0n) is 17.3. The quantitative estimate of drug-likeness (QED) is 0.298. The molecule has 0 aliphatic heterocycles. The van der Waals surface area contributed by atoms with Crippen LogP contribution >= 0.6 is 0 Å². The van der Waals surface area contributed by atoms with Gasteiger partial charge in [-0.1, -0.05) is 72.8 Å². The van der Waals surface area contributed by atoms with Crippen LogP contribution in [0.2, 0.25) is 0 Å². The Morgan fingerprint density at radius 1 is 0.515 bits per heavy atom. The van der Waals surface area contributed by atoms with E-state index in [1.165, 1.54) is 22.3 Å². The van der Waals surface area contributed by atoms with Crippen molar-refractivity contribution in [3.8, 4) is 22.6 Å². The van der Waals surface area contributed by atoms with Gasteiger partial charge in [-0.15, -0.1) is 0 Å². The number of rotatable bonds is 2. The molecule has 0 amide bonds. The molecule has 5 rings (SSSR count). The number of aromatic hydroxyl groups is 2. The van der Waals surface area contributed by atoms with Crippen LogP contribution in [0, 0.1) is 0 Å². The summed E-state index contributed by atoms with van der Waals surface area (Å²) in [6.07, 6.45) is 0. The van der Waals surface area contributed by atoms with Gasteiger partial charge in [0.25, 0.3) is 0 Å². The van der Waals surface area contributed by atoms with Crippen LogP contribution in [-0.4, -0.2) is 32.4 Å². The Hall–Kier alpha value is -4.58. The van der Waals surface area contributed by atoms with E-state index >= 15 is 0 Å². The second-order valence-electron chi connectivity index (χ2n) is 7.55. The third-order valence-electron chi connectivity index (χ3n) is 5.74. The first-order valence-corrected chi connectivity index (χ1v) is 10.1. The molecule has 4 aromatic carbocycles. The smallest absolute Gasteiger partial charge is 0.414 e. The van der Waals surface area contributed by atoms with Crippen LogP contribution in [0.5, 0.6) is 11.5 Å². The number of carboxylic acids is 2. The first kappa shape index (κ1) is 21.6. The third-order valence-corrected chi connectivity index (χ3v) is 5.74. The Labute approximate surface area is 189 Å². The normalized spacial score (nSPS) is 12.6.